The first-order chi connectivity index (χ1) is 9.04. The van der Waals surface area contributed by atoms with E-state index in [2.05, 4.69) is 31.9 Å². The number of hydrogen-bond acceptors (Lipinski definition) is 2. The lowest BCUT2D eigenvalue weighted by Gasteiger charge is -2.10. The minimum Gasteiger partial charge on any atom is -0.496 e. The molecule has 0 saturated carbocycles. The van der Waals surface area contributed by atoms with Gasteiger partial charge in [0, 0.05) is 14.5 Å². The summed E-state index contributed by atoms with van der Waals surface area (Å²) in [5, 5.41) is 0. The number of methoxy groups -OCH3 is 1. The SMILES string of the molecule is COc1ccccc1C(=O)c1cc(Br)c(C)cc1Br. The fraction of sp³-hybridized carbons (Fsp3) is 0.133. The zero-order chi connectivity index (χ0) is 14.0. The Morgan fingerprint density at radius 3 is 2.42 bits per heavy atom. The van der Waals surface area contributed by atoms with Crippen LogP contribution in [0.15, 0.2) is 45.3 Å². The maximum Gasteiger partial charge on any atom is 0.197 e. The highest BCUT2D eigenvalue weighted by Gasteiger charge is 2.17. The van der Waals surface area contributed by atoms with Gasteiger partial charge in [0.25, 0.3) is 0 Å². The molecule has 0 heterocycles. The van der Waals surface area contributed by atoms with E-state index in [1.807, 2.05) is 31.2 Å². The first kappa shape index (κ1) is 14.3. The highest BCUT2D eigenvalue weighted by Crippen LogP contribution is 2.29. The van der Waals surface area contributed by atoms with Crippen molar-refractivity contribution >= 4 is 37.6 Å². The zero-order valence-electron chi connectivity index (χ0n) is 10.5. The summed E-state index contributed by atoms with van der Waals surface area (Å²) in [6, 6.07) is 11.0. The van der Waals surface area contributed by atoms with Crippen LogP contribution in [0.4, 0.5) is 0 Å². The third kappa shape index (κ3) is 2.90. The number of halogens is 2. The molecule has 0 aliphatic rings. The van der Waals surface area contributed by atoms with Crippen LogP contribution in [0.3, 0.4) is 0 Å². The van der Waals surface area contributed by atoms with Crippen molar-refractivity contribution < 1.29 is 9.53 Å². The summed E-state index contributed by atoms with van der Waals surface area (Å²) >= 11 is 6.90. The molecular formula is C15H12Br2O2. The molecule has 0 spiro atoms. The van der Waals surface area contributed by atoms with Crippen molar-refractivity contribution in [1.29, 1.82) is 0 Å². The Balaban J connectivity index is 2.53. The molecule has 19 heavy (non-hydrogen) atoms. The Morgan fingerprint density at radius 2 is 1.74 bits per heavy atom. The predicted octanol–water partition coefficient (Wildman–Crippen LogP) is 4.76. The summed E-state index contributed by atoms with van der Waals surface area (Å²) in [5.41, 5.74) is 2.24. The van der Waals surface area contributed by atoms with Gasteiger partial charge in [-0.2, -0.15) is 0 Å². The van der Waals surface area contributed by atoms with Gasteiger partial charge in [0.15, 0.2) is 5.78 Å². The monoisotopic (exact) mass is 382 g/mol. The molecule has 0 fully saturated rings. The summed E-state index contributed by atoms with van der Waals surface area (Å²) in [7, 11) is 1.56. The van der Waals surface area contributed by atoms with Gasteiger partial charge < -0.3 is 4.74 Å². The summed E-state index contributed by atoms with van der Waals surface area (Å²) in [5.74, 6) is 0.515. The highest BCUT2D eigenvalue weighted by atomic mass is 79.9. The molecule has 4 heteroatoms. The minimum absolute atomic E-state index is 0.0648. The van der Waals surface area contributed by atoms with Crippen LogP contribution in [0.1, 0.15) is 21.5 Å². The zero-order valence-corrected chi connectivity index (χ0v) is 13.7. The smallest absolute Gasteiger partial charge is 0.197 e. The van der Waals surface area contributed by atoms with Crippen LogP contribution in [0.25, 0.3) is 0 Å². The van der Waals surface area contributed by atoms with E-state index in [9.17, 15) is 4.79 Å². The third-order valence-electron chi connectivity index (χ3n) is 2.84. The van der Waals surface area contributed by atoms with Crippen molar-refractivity contribution in [3.05, 3.63) is 62.0 Å². The molecule has 2 aromatic rings. The molecule has 0 aliphatic heterocycles. The number of aryl methyl sites for hydroxylation is 1. The quantitative estimate of drug-likeness (QED) is 0.714. The van der Waals surface area contributed by atoms with E-state index in [0.717, 1.165) is 14.5 Å². The maximum absolute atomic E-state index is 12.6. The Labute approximate surface area is 129 Å². The van der Waals surface area contributed by atoms with E-state index < -0.39 is 0 Å². The van der Waals surface area contributed by atoms with Crippen LogP contribution in [0.5, 0.6) is 5.75 Å². The Hall–Kier alpha value is -1.13. The number of carbonyl (C=O) groups is 1. The van der Waals surface area contributed by atoms with Gasteiger partial charge in [-0.15, -0.1) is 0 Å². The number of rotatable bonds is 3. The lowest BCUT2D eigenvalue weighted by molar-refractivity contribution is 0.103. The number of carbonyl (C=O) groups excluding carboxylic acids is 1. The number of ether oxygens (including phenoxy) is 1. The molecule has 0 bridgehead atoms. The van der Waals surface area contributed by atoms with E-state index in [-0.39, 0.29) is 5.78 Å². The second-order valence-corrected chi connectivity index (χ2v) is 5.82. The average Bonchev–Trinajstić information content (AvgIpc) is 2.42. The van der Waals surface area contributed by atoms with Gasteiger partial charge in [-0.1, -0.05) is 44.0 Å². The maximum atomic E-state index is 12.6. The number of hydrogen-bond donors (Lipinski definition) is 0. The molecule has 2 rings (SSSR count). The van der Waals surface area contributed by atoms with Crippen molar-refractivity contribution in [3.63, 3.8) is 0 Å². The van der Waals surface area contributed by atoms with E-state index in [1.165, 1.54) is 0 Å². The second kappa shape index (κ2) is 5.88. The third-order valence-corrected chi connectivity index (χ3v) is 4.35. The average molecular weight is 384 g/mol. The van der Waals surface area contributed by atoms with E-state index in [4.69, 9.17) is 4.74 Å². The standard InChI is InChI=1S/C15H12Br2O2/c1-9-7-13(17)11(8-12(9)16)15(18)10-5-3-4-6-14(10)19-2/h3-8H,1-2H3. The fourth-order valence-electron chi connectivity index (χ4n) is 1.80. The van der Waals surface area contributed by atoms with Crippen LogP contribution < -0.4 is 4.74 Å². The molecule has 0 unspecified atom stereocenters. The predicted molar refractivity (Wildman–Crippen MR) is 83.0 cm³/mol. The lowest BCUT2D eigenvalue weighted by Crippen LogP contribution is -2.05. The van der Waals surface area contributed by atoms with Gasteiger partial charge in [0.05, 0.1) is 12.7 Å². The summed E-state index contributed by atoms with van der Waals surface area (Å²) in [4.78, 5) is 12.6. The molecule has 0 radical (unpaired) electrons. The number of benzene rings is 2. The largest absolute Gasteiger partial charge is 0.496 e. The lowest BCUT2D eigenvalue weighted by atomic mass is 10.0. The van der Waals surface area contributed by atoms with Gasteiger partial charge in [0.1, 0.15) is 5.75 Å². The van der Waals surface area contributed by atoms with E-state index >= 15 is 0 Å². The first-order valence-electron chi connectivity index (χ1n) is 5.68. The molecule has 0 N–H and O–H groups in total. The van der Waals surface area contributed by atoms with Crippen molar-refractivity contribution in [2.24, 2.45) is 0 Å². The van der Waals surface area contributed by atoms with Crippen LogP contribution in [-0.2, 0) is 0 Å². The minimum atomic E-state index is -0.0648. The molecule has 2 nitrogen and oxygen atoms in total. The topological polar surface area (TPSA) is 26.3 Å². The van der Waals surface area contributed by atoms with Gasteiger partial charge >= 0.3 is 0 Å². The molecule has 0 amide bonds. The normalized spacial score (nSPS) is 10.3. The van der Waals surface area contributed by atoms with Crippen LogP contribution in [0.2, 0.25) is 0 Å². The van der Waals surface area contributed by atoms with Crippen LogP contribution in [-0.4, -0.2) is 12.9 Å². The van der Waals surface area contributed by atoms with Crippen molar-refractivity contribution in [3.8, 4) is 5.75 Å². The highest BCUT2D eigenvalue weighted by molar-refractivity contribution is 9.11. The van der Waals surface area contributed by atoms with Crippen molar-refractivity contribution in [1.82, 2.24) is 0 Å². The fourth-order valence-corrected chi connectivity index (χ4v) is 2.78. The second-order valence-electron chi connectivity index (χ2n) is 4.11. The van der Waals surface area contributed by atoms with E-state index in [0.29, 0.717) is 16.9 Å². The van der Waals surface area contributed by atoms with Crippen molar-refractivity contribution in [2.75, 3.05) is 7.11 Å². The number of para-hydroxylation sites is 1. The molecular weight excluding hydrogens is 372 g/mol. The van der Waals surface area contributed by atoms with Gasteiger partial charge in [-0.3, -0.25) is 4.79 Å². The molecule has 0 aromatic heterocycles. The molecule has 2 aromatic carbocycles. The summed E-state index contributed by atoms with van der Waals surface area (Å²) in [6.07, 6.45) is 0. The van der Waals surface area contributed by atoms with Crippen LogP contribution >= 0.6 is 31.9 Å². The summed E-state index contributed by atoms with van der Waals surface area (Å²) < 4.78 is 6.93. The first-order valence-corrected chi connectivity index (χ1v) is 7.26. The molecule has 0 aliphatic carbocycles. The molecule has 0 saturated heterocycles. The van der Waals surface area contributed by atoms with Gasteiger partial charge in [-0.25, -0.2) is 0 Å². The van der Waals surface area contributed by atoms with Crippen molar-refractivity contribution in [2.45, 2.75) is 6.92 Å². The van der Waals surface area contributed by atoms with Gasteiger partial charge in [-0.05, 0) is 36.8 Å². The Kier molecular flexibility index (Phi) is 4.42. The van der Waals surface area contributed by atoms with Gasteiger partial charge in [0.2, 0.25) is 0 Å². The van der Waals surface area contributed by atoms with Crippen LogP contribution in [0, 0.1) is 6.92 Å². The molecule has 0 atom stereocenters. The van der Waals surface area contributed by atoms with E-state index in [1.54, 1.807) is 19.2 Å². The Bertz CT molecular complexity index is 636. The Morgan fingerprint density at radius 1 is 1.05 bits per heavy atom. The number of ketones is 1. The molecule has 98 valence electrons. The summed E-state index contributed by atoms with van der Waals surface area (Å²) in [6.45, 7) is 1.98.